The van der Waals surface area contributed by atoms with Crippen LogP contribution in [0, 0.1) is 33.3 Å². The Hall–Kier alpha value is -4.04. The predicted octanol–water partition coefficient (Wildman–Crippen LogP) is 4.24. The maximum Gasteiger partial charge on any atom is 0.412 e. The minimum atomic E-state index is -0.852. The molecule has 2 rings (SSSR count). The number of carbonyl (C=O) groups is 1. The Morgan fingerprint density at radius 2 is 1.90 bits per heavy atom. The summed E-state index contributed by atoms with van der Waals surface area (Å²) in [6.45, 7) is 4.73. The number of hydrogen-bond acceptors (Lipinski definition) is 6. The number of nitrogens with zero attached hydrogens (tertiary/aromatic N) is 2. The molecular formula is C21H19N3O5. The standard InChI is InChI=1S/C21H19N3O5/c1-21(2,3)29-20(25)23-17-14-19(28-12-11-22)16(13-18(17)24(26)27)10-9-15-7-5-4-6-8-15/h4-8,13-14H,12H2,1-3H3,(H,23,25). The molecule has 0 bridgehead atoms. The van der Waals surface area contributed by atoms with E-state index in [0.717, 1.165) is 0 Å². The number of hydrogen-bond donors (Lipinski definition) is 1. The van der Waals surface area contributed by atoms with Crippen molar-refractivity contribution >= 4 is 17.5 Å². The van der Waals surface area contributed by atoms with Gasteiger partial charge in [0.2, 0.25) is 0 Å². The van der Waals surface area contributed by atoms with Gasteiger partial charge < -0.3 is 9.47 Å². The van der Waals surface area contributed by atoms with E-state index in [2.05, 4.69) is 17.2 Å². The van der Waals surface area contributed by atoms with E-state index >= 15 is 0 Å². The normalized spacial score (nSPS) is 10.1. The number of nitro benzene ring substituents is 1. The summed E-state index contributed by atoms with van der Waals surface area (Å²) in [5, 5.41) is 22.7. The molecular weight excluding hydrogens is 374 g/mol. The number of nitrogens with one attached hydrogen (secondary N) is 1. The van der Waals surface area contributed by atoms with Gasteiger partial charge in [0, 0.05) is 17.7 Å². The van der Waals surface area contributed by atoms with Crippen molar-refractivity contribution in [2.24, 2.45) is 0 Å². The molecule has 0 aromatic heterocycles. The van der Waals surface area contributed by atoms with Gasteiger partial charge in [-0.15, -0.1) is 0 Å². The third kappa shape index (κ3) is 6.56. The van der Waals surface area contributed by atoms with Crippen molar-refractivity contribution < 1.29 is 19.2 Å². The van der Waals surface area contributed by atoms with Crippen molar-refractivity contribution in [2.75, 3.05) is 11.9 Å². The Balaban J connectivity index is 2.47. The molecule has 2 aromatic rings. The maximum absolute atomic E-state index is 12.0. The molecule has 1 N–H and O–H groups in total. The molecule has 2 aromatic carbocycles. The first-order chi connectivity index (χ1) is 13.7. The van der Waals surface area contributed by atoms with E-state index in [1.807, 2.05) is 24.3 Å². The van der Waals surface area contributed by atoms with Crippen LogP contribution in [0.1, 0.15) is 31.9 Å². The number of anilines is 1. The molecule has 0 aliphatic heterocycles. The first-order valence-corrected chi connectivity index (χ1v) is 8.59. The summed E-state index contributed by atoms with van der Waals surface area (Å²) < 4.78 is 10.5. The minimum absolute atomic E-state index is 0.123. The van der Waals surface area contributed by atoms with Crippen molar-refractivity contribution in [2.45, 2.75) is 26.4 Å². The largest absolute Gasteiger partial charge is 0.477 e. The lowest BCUT2D eigenvalue weighted by molar-refractivity contribution is -0.384. The first-order valence-electron chi connectivity index (χ1n) is 8.59. The Morgan fingerprint density at radius 3 is 2.48 bits per heavy atom. The highest BCUT2D eigenvalue weighted by Gasteiger charge is 2.23. The van der Waals surface area contributed by atoms with E-state index < -0.39 is 16.6 Å². The molecule has 148 valence electrons. The zero-order valence-corrected chi connectivity index (χ0v) is 16.2. The van der Waals surface area contributed by atoms with Crippen LogP contribution < -0.4 is 10.1 Å². The molecule has 0 saturated heterocycles. The van der Waals surface area contributed by atoms with Gasteiger partial charge in [-0.3, -0.25) is 15.4 Å². The molecule has 0 heterocycles. The van der Waals surface area contributed by atoms with E-state index in [-0.39, 0.29) is 29.3 Å². The SMILES string of the molecule is CC(C)(C)OC(=O)Nc1cc(OCC#N)c(C#Cc2ccccc2)cc1[N+](=O)[O-]. The number of carbonyl (C=O) groups excluding carboxylic acids is 1. The van der Waals surface area contributed by atoms with Crippen LogP contribution >= 0.6 is 0 Å². The predicted molar refractivity (Wildman–Crippen MR) is 106 cm³/mol. The van der Waals surface area contributed by atoms with Crippen molar-refractivity contribution in [1.82, 2.24) is 0 Å². The molecule has 0 atom stereocenters. The molecule has 8 nitrogen and oxygen atoms in total. The topological polar surface area (TPSA) is 114 Å². The molecule has 0 spiro atoms. The second-order valence-electron chi connectivity index (χ2n) is 6.81. The third-order valence-corrected chi connectivity index (χ3v) is 3.34. The van der Waals surface area contributed by atoms with E-state index in [0.29, 0.717) is 5.56 Å². The summed E-state index contributed by atoms with van der Waals surface area (Å²) in [7, 11) is 0. The van der Waals surface area contributed by atoms with Crippen molar-refractivity contribution in [1.29, 1.82) is 5.26 Å². The van der Waals surface area contributed by atoms with Crippen LogP contribution in [0.25, 0.3) is 0 Å². The van der Waals surface area contributed by atoms with E-state index in [1.54, 1.807) is 32.9 Å². The quantitative estimate of drug-likeness (QED) is 0.472. The van der Waals surface area contributed by atoms with Crippen LogP contribution in [0.3, 0.4) is 0 Å². The summed E-state index contributed by atoms with van der Waals surface area (Å²) in [6.07, 6.45) is -0.852. The second-order valence-corrected chi connectivity index (χ2v) is 6.81. The number of amides is 1. The van der Waals surface area contributed by atoms with Crippen LogP contribution in [0.15, 0.2) is 42.5 Å². The smallest absolute Gasteiger partial charge is 0.412 e. The van der Waals surface area contributed by atoms with Crippen molar-refractivity contribution in [3.8, 4) is 23.7 Å². The maximum atomic E-state index is 12.0. The third-order valence-electron chi connectivity index (χ3n) is 3.34. The van der Waals surface area contributed by atoms with Crippen LogP contribution in [-0.4, -0.2) is 23.2 Å². The van der Waals surface area contributed by atoms with Crippen LogP contribution in [0.5, 0.6) is 5.75 Å². The molecule has 8 heteroatoms. The fourth-order valence-electron chi connectivity index (χ4n) is 2.22. The summed E-state index contributed by atoms with van der Waals surface area (Å²) in [6, 6.07) is 13.3. The number of rotatable bonds is 4. The van der Waals surface area contributed by atoms with Gasteiger partial charge in [-0.25, -0.2) is 4.79 Å². The summed E-state index contributed by atoms with van der Waals surface area (Å²) in [5.41, 5.74) is -0.358. The Labute approximate surface area is 168 Å². The average Bonchev–Trinajstić information content (AvgIpc) is 2.64. The van der Waals surface area contributed by atoms with E-state index in [4.69, 9.17) is 14.7 Å². The summed E-state index contributed by atoms with van der Waals surface area (Å²) >= 11 is 0. The summed E-state index contributed by atoms with van der Waals surface area (Å²) in [5.74, 6) is 5.84. The van der Waals surface area contributed by atoms with E-state index in [9.17, 15) is 14.9 Å². The van der Waals surface area contributed by atoms with Crippen molar-refractivity contribution in [3.05, 3.63) is 63.7 Å². The highest BCUT2D eigenvalue weighted by molar-refractivity contribution is 5.89. The molecule has 0 unspecified atom stereocenters. The fraction of sp³-hybridized carbons (Fsp3) is 0.238. The lowest BCUT2D eigenvalue weighted by atomic mass is 10.1. The Bertz CT molecular complexity index is 1010. The minimum Gasteiger partial charge on any atom is -0.477 e. The molecule has 0 fully saturated rings. The van der Waals surface area contributed by atoms with Crippen LogP contribution in [0.2, 0.25) is 0 Å². The van der Waals surface area contributed by atoms with Gasteiger partial charge in [0.15, 0.2) is 6.61 Å². The molecule has 0 radical (unpaired) electrons. The number of nitriles is 1. The van der Waals surface area contributed by atoms with Crippen molar-refractivity contribution in [3.63, 3.8) is 0 Å². The fourth-order valence-corrected chi connectivity index (χ4v) is 2.22. The van der Waals surface area contributed by atoms with Gasteiger partial charge in [-0.2, -0.15) is 5.26 Å². The lowest BCUT2D eigenvalue weighted by Crippen LogP contribution is -2.27. The molecule has 0 aliphatic rings. The Kier molecular flexibility index (Phi) is 6.78. The average molecular weight is 393 g/mol. The van der Waals surface area contributed by atoms with Gasteiger partial charge in [-0.1, -0.05) is 30.0 Å². The van der Waals surface area contributed by atoms with Gasteiger partial charge >= 0.3 is 6.09 Å². The lowest BCUT2D eigenvalue weighted by Gasteiger charge is -2.19. The first kappa shape index (κ1) is 21.3. The summed E-state index contributed by atoms with van der Waals surface area (Å²) in [4.78, 5) is 22.9. The van der Waals surface area contributed by atoms with Gasteiger partial charge in [-0.05, 0) is 32.9 Å². The highest BCUT2D eigenvalue weighted by atomic mass is 16.6. The zero-order valence-electron chi connectivity index (χ0n) is 16.2. The molecule has 1 amide bonds. The van der Waals surface area contributed by atoms with Crippen LogP contribution in [-0.2, 0) is 4.74 Å². The van der Waals surface area contributed by atoms with Crippen LogP contribution in [0.4, 0.5) is 16.2 Å². The monoisotopic (exact) mass is 393 g/mol. The number of ether oxygens (including phenoxy) is 2. The second kappa shape index (κ2) is 9.25. The van der Waals surface area contributed by atoms with E-state index in [1.165, 1.54) is 12.1 Å². The zero-order chi connectivity index (χ0) is 21.4. The number of benzene rings is 2. The van der Waals surface area contributed by atoms with Gasteiger partial charge in [0.05, 0.1) is 10.5 Å². The molecule has 0 aliphatic carbocycles. The van der Waals surface area contributed by atoms with Gasteiger partial charge in [0.1, 0.15) is 23.1 Å². The highest BCUT2D eigenvalue weighted by Crippen LogP contribution is 2.33. The Morgan fingerprint density at radius 1 is 1.21 bits per heavy atom. The molecule has 0 saturated carbocycles. The molecule has 29 heavy (non-hydrogen) atoms. The van der Waals surface area contributed by atoms with Gasteiger partial charge in [0.25, 0.3) is 5.69 Å². The number of nitro groups is 1.